The molecule has 0 aliphatic carbocycles. The number of alkyl carbamates (subject to hydrolysis) is 1. The maximum Gasteiger partial charge on any atom is 0.407 e. The number of rotatable bonds is 5. The van der Waals surface area contributed by atoms with E-state index >= 15 is 0 Å². The first kappa shape index (κ1) is 17.9. The molecule has 0 radical (unpaired) electrons. The lowest BCUT2D eigenvalue weighted by molar-refractivity contribution is 0.0495. The second-order valence-electron chi connectivity index (χ2n) is 6.76. The van der Waals surface area contributed by atoms with Crippen molar-refractivity contribution < 1.29 is 14.3 Å². The lowest BCUT2D eigenvalue weighted by Gasteiger charge is -2.35. The number of nitrogens with zero attached hydrogens (tertiary/aromatic N) is 2. The van der Waals surface area contributed by atoms with Crippen molar-refractivity contribution in [2.45, 2.75) is 51.7 Å². The molecule has 1 aromatic heterocycles. The minimum Gasteiger partial charge on any atom is -0.444 e. The van der Waals surface area contributed by atoms with Crippen LogP contribution in [0, 0.1) is 0 Å². The van der Waals surface area contributed by atoms with Crippen molar-refractivity contribution >= 4 is 23.2 Å². The van der Waals surface area contributed by atoms with Crippen LogP contribution < -0.4 is 5.32 Å². The van der Waals surface area contributed by atoms with Gasteiger partial charge in [-0.05, 0) is 40.2 Å². The van der Waals surface area contributed by atoms with Crippen molar-refractivity contribution in [1.82, 2.24) is 15.2 Å². The van der Waals surface area contributed by atoms with Crippen LogP contribution in [0.3, 0.4) is 0 Å². The second kappa shape index (κ2) is 7.88. The highest BCUT2D eigenvalue weighted by atomic mass is 32.1. The van der Waals surface area contributed by atoms with Crippen molar-refractivity contribution in [2.75, 3.05) is 19.6 Å². The molecule has 1 N–H and O–H groups in total. The fraction of sp³-hybridized carbons (Fsp3) is 0.688. The van der Waals surface area contributed by atoms with Gasteiger partial charge in [0, 0.05) is 24.2 Å². The van der Waals surface area contributed by atoms with Gasteiger partial charge >= 0.3 is 6.09 Å². The number of ketones is 1. The third-order valence-electron chi connectivity index (χ3n) is 3.65. The van der Waals surface area contributed by atoms with Crippen molar-refractivity contribution in [3.05, 3.63) is 16.6 Å². The average molecular weight is 339 g/mol. The second-order valence-corrected chi connectivity index (χ2v) is 7.66. The molecule has 0 aromatic carbocycles. The first-order valence-electron chi connectivity index (χ1n) is 7.99. The van der Waals surface area contributed by atoms with Crippen LogP contribution in [-0.4, -0.2) is 53.0 Å². The van der Waals surface area contributed by atoms with Crippen molar-refractivity contribution in [3.8, 4) is 0 Å². The fourth-order valence-electron chi connectivity index (χ4n) is 2.63. The number of Topliss-reactive ketones (excluding diaryl/α,β-unsaturated/α-hetero) is 1. The van der Waals surface area contributed by atoms with E-state index in [0.29, 0.717) is 18.1 Å². The molecule has 1 fully saturated rings. The lowest BCUT2D eigenvalue weighted by atomic mass is 10.0. The minimum absolute atomic E-state index is 0.0455. The van der Waals surface area contributed by atoms with Gasteiger partial charge in [-0.25, -0.2) is 9.78 Å². The molecule has 23 heavy (non-hydrogen) atoms. The molecule has 1 aliphatic rings. The smallest absolute Gasteiger partial charge is 0.407 e. The van der Waals surface area contributed by atoms with E-state index in [1.54, 1.807) is 6.20 Å². The predicted molar refractivity (Wildman–Crippen MR) is 89.9 cm³/mol. The van der Waals surface area contributed by atoms with Crippen LogP contribution in [0.5, 0.6) is 0 Å². The Bertz CT molecular complexity index is 525. The predicted octanol–water partition coefficient (Wildman–Crippen LogP) is 2.71. The molecule has 0 saturated carbocycles. The van der Waals surface area contributed by atoms with E-state index in [1.807, 2.05) is 26.2 Å². The molecule has 1 aromatic rings. The number of thiazole rings is 1. The molecule has 0 bridgehead atoms. The van der Waals surface area contributed by atoms with E-state index in [0.717, 1.165) is 25.8 Å². The Balaban J connectivity index is 1.86. The number of carbonyl (C=O) groups is 2. The molecule has 128 valence electrons. The van der Waals surface area contributed by atoms with E-state index in [4.69, 9.17) is 4.74 Å². The highest BCUT2D eigenvalue weighted by Crippen LogP contribution is 2.18. The number of piperidine rings is 1. The van der Waals surface area contributed by atoms with Crippen molar-refractivity contribution in [2.24, 2.45) is 0 Å². The molecular formula is C16H25N3O3S. The van der Waals surface area contributed by atoms with Crippen LogP contribution in [0.25, 0.3) is 0 Å². The SMILES string of the molecule is CC(C)(C)OC(=O)NCC1CCCCN1CC(=O)c1nccs1. The molecule has 2 rings (SSSR count). The van der Waals surface area contributed by atoms with Gasteiger partial charge in [0.25, 0.3) is 0 Å². The molecule has 1 unspecified atom stereocenters. The number of likely N-dealkylation sites (tertiary alicyclic amines) is 1. The van der Waals surface area contributed by atoms with Gasteiger partial charge in [-0.1, -0.05) is 6.42 Å². The molecular weight excluding hydrogens is 314 g/mol. The third kappa shape index (κ3) is 5.91. The summed E-state index contributed by atoms with van der Waals surface area (Å²) in [4.78, 5) is 30.2. The van der Waals surface area contributed by atoms with E-state index in [9.17, 15) is 9.59 Å². The Kier molecular flexibility index (Phi) is 6.12. The van der Waals surface area contributed by atoms with Gasteiger partial charge in [-0.3, -0.25) is 9.69 Å². The van der Waals surface area contributed by atoms with Crippen LogP contribution in [0.4, 0.5) is 4.79 Å². The summed E-state index contributed by atoms with van der Waals surface area (Å²) < 4.78 is 5.26. The zero-order chi connectivity index (χ0) is 16.9. The first-order chi connectivity index (χ1) is 10.8. The summed E-state index contributed by atoms with van der Waals surface area (Å²) in [6.45, 7) is 7.25. The molecule has 1 atom stereocenters. The van der Waals surface area contributed by atoms with Crippen molar-refractivity contribution in [3.63, 3.8) is 0 Å². The van der Waals surface area contributed by atoms with Gasteiger partial charge in [-0.2, -0.15) is 0 Å². The molecule has 2 heterocycles. The summed E-state index contributed by atoms with van der Waals surface area (Å²) >= 11 is 1.37. The van der Waals surface area contributed by atoms with Gasteiger partial charge < -0.3 is 10.1 Å². The monoisotopic (exact) mass is 339 g/mol. The van der Waals surface area contributed by atoms with E-state index < -0.39 is 11.7 Å². The van der Waals surface area contributed by atoms with Crippen LogP contribution in [0.1, 0.15) is 49.8 Å². The molecule has 1 amide bonds. The van der Waals surface area contributed by atoms with Gasteiger partial charge in [0.15, 0.2) is 5.01 Å². The summed E-state index contributed by atoms with van der Waals surface area (Å²) in [5.41, 5.74) is -0.503. The Morgan fingerprint density at radius 3 is 2.87 bits per heavy atom. The van der Waals surface area contributed by atoms with Crippen LogP contribution >= 0.6 is 11.3 Å². The maximum absolute atomic E-state index is 12.2. The molecule has 0 spiro atoms. The number of amides is 1. The molecule has 1 aliphatic heterocycles. The summed E-state index contributed by atoms with van der Waals surface area (Å²) in [6.07, 6.45) is 4.40. The number of ether oxygens (including phenoxy) is 1. The maximum atomic E-state index is 12.2. The highest BCUT2D eigenvalue weighted by Gasteiger charge is 2.26. The highest BCUT2D eigenvalue weighted by molar-refractivity contribution is 7.11. The summed E-state index contributed by atoms with van der Waals surface area (Å²) in [7, 11) is 0. The first-order valence-corrected chi connectivity index (χ1v) is 8.87. The average Bonchev–Trinajstić information content (AvgIpc) is 2.99. The number of hydrogen-bond acceptors (Lipinski definition) is 6. The van der Waals surface area contributed by atoms with E-state index in [2.05, 4.69) is 15.2 Å². The largest absolute Gasteiger partial charge is 0.444 e. The van der Waals surface area contributed by atoms with E-state index in [1.165, 1.54) is 11.3 Å². The molecule has 1 saturated heterocycles. The Labute approximate surface area is 141 Å². The zero-order valence-electron chi connectivity index (χ0n) is 14.0. The molecule has 6 nitrogen and oxygen atoms in total. The summed E-state index contributed by atoms with van der Waals surface area (Å²) in [5, 5.41) is 5.18. The molecule has 7 heteroatoms. The third-order valence-corrected chi connectivity index (χ3v) is 4.46. The van der Waals surface area contributed by atoms with Crippen molar-refractivity contribution in [1.29, 1.82) is 0 Å². The zero-order valence-corrected chi connectivity index (χ0v) is 14.8. The number of carbonyl (C=O) groups excluding carboxylic acids is 2. The number of aromatic nitrogens is 1. The van der Waals surface area contributed by atoms with Gasteiger partial charge in [-0.15, -0.1) is 11.3 Å². The number of nitrogens with one attached hydrogen (secondary N) is 1. The van der Waals surface area contributed by atoms with Crippen LogP contribution in [0.15, 0.2) is 11.6 Å². The standard InChI is InChI=1S/C16H25N3O3S/c1-16(2,3)22-15(21)18-10-12-6-4-5-8-19(12)11-13(20)14-17-7-9-23-14/h7,9,12H,4-6,8,10-11H2,1-3H3,(H,18,21). The van der Waals surface area contributed by atoms with Crippen LogP contribution in [0.2, 0.25) is 0 Å². The quantitative estimate of drug-likeness (QED) is 0.835. The van der Waals surface area contributed by atoms with Gasteiger partial charge in [0.05, 0.1) is 6.54 Å². The van der Waals surface area contributed by atoms with Gasteiger partial charge in [0.2, 0.25) is 5.78 Å². The Hall–Kier alpha value is -1.47. The Morgan fingerprint density at radius 1 is 1.43 bits per heavy atom. The fourth-order valence-corrected chi connectivity index (χ4v) is 3.20. The van der Waals surface area contributed by atoms with Crippen LogP contribution in [-0.2, 0) is 4.74 Å². The Morgan fingerprint density at radius 2 is 2.22 bits per heavy atom. The topological polar surface area (TPSA) is 71.5 Å². The van der Waals surface area contributed by atoms with Gasteiger partial charge in [0.1, 0.15) is 5.60 Å². The lowest BCUT2D eigenvalue weighted by Crippen LogP contribution is -2.49. The summed E-state index contributed by atoms with van der Waals surface area (Å²) in [6, 6.07) is 0.167. The normalized spacial score (nSPS) is 19.3. The minimum atomic E-state index is -0.503. The number of hydrogen-bond donors (Lipinski definition) is 1. The van der Waals surface area contributed by atoms with E-state index in [-0.39, 0.29) is 11.8 Å². The summed E-state index contributed by atoms with van der Waals surface area (Å²) in [5.74, 6) is 0.0455.